The molecule has 7 nitrogen and oxygen atoms in total. The fourth-order valence-electron chi connectivity index (χ4n) is 3.65. The van der Waals surface area contributed by atoms with Gasteiger partial charge in [0.2, 0.25) is 5.95 Å². The number of rotatable bonds is 4. The highest BCUT2D eigenvalue weighted by Crippen LogP contribution is 2.29. The van der Waals surface area contributed by atoms with E-state index in [4.69, 9.17) is 10.5 Å². The van der Waals surface area contributed by atoms with Crippen LogP contribution < -0.4 is 10.6 Å². The number of anilines is 2. The van der Waals surface area contributed by atoms with E-state index in [1.54, 1.807) is 0 Å². The first-order valence-corrected chi connectivity index (χ1v) is 8.71. The molecule has 0 aromatic carbocycles. The molecule has 0 amide bonds. The first kappa shape index (κ1) is 15.4. The monoisotopic (exact) mass is 328 g/mol. The normalized spacial score (nSPS) is 22.2. The second-order valence-corrected chi connectivity index (χ2v) is 6.76. The quantitative estimate of drug-likeness (QED) is 0.919. The summed E-state index contributed by atoms with van der Waals surface area (Å²) in [6, 6.07) is 2.10. The molecule has 0 spiro atoms. The van der Waals surface area contributed by atoms with Crippen molar-refractivity contribution in [2.75, 3.05) is 36.9 Å². The van der Waals surface area contributed by atoms with Gasteiger partial charge >= 0.3 is 0 Å². The highest BCUT2D eigenvalue weighted by Gasteiger charge is 2.24. The zero-order valence-corrected chi connectivity index (χ0v) is 13.8. The van der Waals surface area contributed by atoms with Crippen LogP contribution in [0.15, 0.2) is 24.8 Å². The maximum Gasteiger partial charge on any atom is 0.222 e. The van der Waals surface area contributed by atoms with Crippen molar-refractivity contribution in [2.45, 2.75) is 31.7 Å². The fourth-order valence-corrected chi connectivity index (χ4v) is 3.65. The van der Waals surface area contributed by atoms with Crippen molar-refractivity contribution in [3.8, 4) is 0 Å². The topological polar surface area (TPSA) is 82.1 Å². The molecule has 2 saturated heterocycles. The lowest BCUT2D eigenvalue weighted by Crippen LogP contribution is -2.35. The van der Waals surface area contributed by atoms with E-state index in [2.05, 4.69) is 30.5 Å². The van der Waals surface area contributed by atoms with Gasteiger partial charge in [0.25, 0.3) is 0 Å². The predicted octanol–water partition coefficient (Wildman–Crippen LogP) is 1.68. The molecule has 4 heterocycles. The van der Waals surface area contributed by atoms with Gasteiger partial charge in [-0.2, -0.15) is 4.98 Å². The van der Waals surface area contributed by atoms with Crippen LogP contribution in [-0.2, 0) is 11.3 Å². The van der Waals surface area contributed by atoms with Crippen molar-refractivity contribution in [1.82, 2.24) is 19.5 Å². The van der Waals surface area contributed by atoms with Crippen molar-refractivity contribution in [2.24, 2.45) is 5.92 Å². The average molecular weight is 328 g/mol. The highest BCUT2D eigenvalue weighted by atomic mass is 16.5. The van der Waals surface area contributed by atoms with Crippen molar-refractivity contribution in [3.05, 3.63) is 30.5 Å². The van der Waals surface area contributed by atoms with Crippen LogP contribution in [0.3, 0.4) is 0 Å². The second-order valence-electron chi connectivity index (χ2n) is 6.76. The summed E-state index contributed by atoms with van der Waals surface area (Å²) in [4.78, 5) is 15.3. The van der Waals surface area contributed by atoms with Crippen LogP contribution in [0.25, 0.3) is 0 Å². The molecular weight excluding hydrogens is 304 g/mol. The summed E-state index contributed by atoms with van der Waals surface area (Å²) in [6.45, 7) is 4.61. The second kappa shape index (κ2) is 6.76. The molecule has 0 saturated carbocycles. The molecule has 128 valence electrons. The molecule has 0 radical (unpaired) electrons. The first-order valence-electron chi connectivity index (χ1n) is 8.71. The van der Waals surface area contributed by atoms with E-state index in [-0.39, 0.29) is 0 Å². The molecule has 0 bridgehead atoms. The lowest BCUT2D eigenvalue weighted by atomic mass is 9.96. The minimum absolute atomic E-state index is 0.354. The van der Waals surface area contributed by atoms with E-state index >= 15 is 0 Å². The summed E-state index contributed by atoms with van der Waals surface area (Å²) in [5, 5.41) is 0. The molecule has 0 unspecified atom stereocenters. The minimum atomic E-state index is 0.354. The Morgan fingerprint density at radius 2 is 2.08 bits per heavy atom. The Bertz CT molecular complexity index is 660. The number of hydrogen-bond donors (Lipinski definition) is 1. The number of imidazole rings is 1. The average Bonchev–Trinajstić information content (AvgIpc) is 3.29. The van der Waals surface area contributed by atoms with E-state index in [1.807, 2.05) is 18.7 Å². The zero-order chi connectivity index (χ0) is 16.4. The molecule has 4 rings (SSSR count). The SMILES string of the molecule is Nc1nc([C@H]2CCOC2)cc(N2CCC(Cn3ccnc3)CC2)n1. The lowest BCUT2D eigenvalue weighted by molar-refractivity contribution is 0.193. The van der Waals surface area contributed by atoms with E-state index in [9.17, 15) is 0 Å². The van der Waals surface area contributed by atoms with Gasteiger partial charge in [-0.3, -0.25) is 0 Å². The number of piperidine rings is 1. The third-order valence-corrected chi connectivity index (χ3v) is 5.06. The number of nitrogens with zero attached hydrogens (tertiary/aromatic N) is 5. The fraction of sp³-hybridized carbons (Fsp3) is 0.588. The third-order valence-electron chi connectivity index (χ3n) is 5.06. The van der Waals surface area contributed by atoms with Gasteiger partial charge in [0.1, 0.15) is 5.82 Å². The minimum Gasteiger partial charge on any atom is -0.381 e. The van der Waals surface area contributed by atoms with Crippen LogP contribution in [0, 0.1) is 5.92 Å². The number of aromatic nitrogens is 4. The van der Waals surface area contributed by atoms with E-state index in [0.717, 1.165) is 63.6 Å². The van der Waals surface area contributed by atoms with Crippen molar-refractivity contribution >= 4 is 11.8 Å². The molecule has 2 aromatic rings. The van der Waals surface area contributed by atoms with Gasteiger partial charge in [0, 0.05) is 50.6 Å². The molecule has 1 atom stereocenters. The number of nitrogen functional groups attached to an aromatic ring is 1. The molecule has 2 aliphatic heterocycles. The van der Waals surface area contributed by atoms with Crippen LogP contribution in [0.2, 0.25) is 0 Å². The van der Waals surface area contributed by atoms with Crippen molar-refractivity contribution < 1.29 is 4.74 Å². The lowest BCUT2D eigenvalue weighted by Gasteiger charge is -2.33. The van der Waals surface area contributed by atoms with Gasteiger partial charge in [0.15, 0.2) is 0 Å². The summed E-state index contributed by atoms with van der Waals surface area (Å²) in [7, 11) is 0. The van der Waals surface area contributed by atoms with Gasteiger partial charge in [-0.05, 0) is 25.2 Å². The first-order chi connectivity index (χ1) is 11.8. The van der Waals surface area contributed by atoms with Crippen LogP contribution in [0.5, 0.6) is 0 Å². The predicted molar refractivity (Wildman–Crippen MR) is 91.8 cm³/mol. The Morgan fingerprint density at radius 1 is 1.21 bits per heavy atom. The molecule has 2 N–H and O–H groups in total. The van der Waals surface area contributed by atoms with E-state index < -0.39 is 0 Å². The van der Waals surface area contributed by atoms with Crippen LogP contribution in [0.4, 0.5) is 11.8 Å². The van der Waals surface area contributed by atoms with Crippen molar-refractivity contribution in [3.63, 3.8) is 0 Å². The molecule has 2 fully saturated rings. The summed E-state index contributed by atoms with van der Waals surface area (Å²) in [6.07, 6.45) is 9.10. The Labute approximate surface area is 141 Å². The number of nitrogens with two attached hydrogens (primary N) is 1. The van der Waals surface area contributed by atoms with Crippen molar-refractivity contribution in [1.29, 1.82) is 0 Å². The Hall–Kier alpha value is -2.15. The maximum absolute atomic E-state index is 5.95. The molecular formula is C17H24N6O. The Morgan fingerprint density at radius 3 is 2.79 bits per heavy atom. The van der Waals surface area contributed by atoms with Crippen LogP contribution in [-0.4, -0.2) is 45.8 Å². The molecule has 0 aliphatic carbocycles. The summed E-state index contributed by atoms with van der Waals surface area (Å²) < 4.78 is 7.65. The third kappa shape index (κ3) is 3.36. The van der Waals surface area contributed by atoms with Crippen LogP contribution >= 0.6 is 0 Å². The van der Waals surface area contributed by atoms with Gasteiger partial charge in [-0.25, -0.2) is 9.97 Å². The van der Waals surface area contributed by atoms with Gasteiger partial charge < -0.3 is 19.9 Å². The number of hydrogen-bond acceptors (Lipinski definition) is 6. The smallest absolute Gasteiger partial charge is 0.222 e. The van der Waals surface area contributed by atoms with Gasteiger partial charge in [-0.1, -0.05) is 0 Å². The van der Waals surface area contributed by atoms with Gasteiger partial charge in [-0.15, -0.1) is 0 Å². The highest BCUT2D eigenvalue weighted by molar-refractivity contribution is 5.44. The molecule has 24 heavy (non-hydrogen) atoms. The Balaban J connectivity index is 1.41. The van der Waals surface area contributed by atoms with E-state index in [0.29, 0.717) is 17.8 Å². The van der Waals surface area contributed by atoms with Gasteiger partial charge in [0.05, 0.1) is 18.6 Å². The molecule has 2 aliphatic rings. The summed E-state index contributed by atoms with van der Waals surface area (Å²) in [5.74, 6) is 2.38. The van der Waals surface area contributed by atoms with Crippen LogP contribution in [0.1, 0.15) is 30.9 Å². The molecule has 7 heteroatoms. The van der Waals surface area contributed by atoms with E-state index in [1.165, 1.54) is 0 Å². The summed E-state index contributed by atoms with van der Waals surface area (Å²) in [5.41, 5.74) is 6.98. The Kier molecular flexibility index (Phi) is 4.34. The zero-order valence-electron chi connectivity index (χ0n) is 13.8. The largest absolute Gasteiger partial charge is 0.381 e. The maximum atomic E-state index is 5.95. The summed E-state index contributed by atoms with van der Waals surface area (Å²) >= 11 is 0. The molecule has 2 aromatic heterocycles. The standard InChI is InChI=1S/C17H24N6O/c18-17-20-15(14-3-8-24-11-14)9-16(21-17)23-5-1-13(2-6-23)10-22-7-4-19-12-22/h4,7,9,12-14H,1-3,5-6,8,10-11H2,(H2,18,20,21)/t14-/m0/s1. The number of ether oxygens (including phenoxy) is 1.